The van der Waals surface area contributed by atoms with Gasteiger partial charge >= 0.3 is 8.25 Å². The van der Waals surface area contributed by atoms with E-state index in [4.69, 9.17) is 9.26 Å². The standard InChI is InChI=1S/C20H24N5O6P/c1-3-13-15(31-32(28)29)20(2,9-26)30-19(13)25-11-23-14-16(21-10-22-17(14)25)24-18(27)12-7-5-4-6-8-12/h4-8,10-11,13,15,19,26,32H,3,9H2,1-2H3,(H,28,29)(H,21,22,24,27)/t13-,15+,19-,20?/m1/s1. The van der Waals surface area contributed by atoms with Gasteiger partial charge in [-0.1, -0.05) is 25.1 Å². The monoisotopic (exact) mass is 461 g/mol. The molecule has 0 spiro atoms. The highest BCUT2D eigenvalue weighted by Gasteiger charge is 2.53. The van der Waals surface area contributed by atoms with Gasteiger partial charge in [0.15, 0.2) is 17.0 Å². The molecule has 32 heavy (non-hydrogen) atoms. The van der Waals surface area contributed by atoms with Gasteiger partial charge in [0.25, 0.3) is 5.91 Å². The van der Waals surface area contributed by atoms with E-state index < -0.39 is 32.8 Å². The van der Waals surface area contributed by atoms with E-state index in [0.717, 1.165) is 0 Å². The summed E-state index contributed by atoms with van der Waals surface area (Å²) in [6.07, 6.45) is 1.88. The fourth-order valence-electron chi connectivity index (χ4n) is 4.06. The average molecular weight is 461 g/mol. The molecule has 0 aliphatic carbocycles. The van der Waals surface area contributed by atoms with Gasteiger partial charge in [0.05, 0.1) is 12.9 Å². The van der Waals surface area contributed by atoms with E-state index in [0.29, 0.717) is 23.1 Å². The molecule has 1 saturated heterocycles. The lowest BCUT2D eigenvalue weighted by Crippen LogP contribution is -2.42. The number of fused-ring (bicyclic) bond motifs is 1. The van der Waals surface area contributed by atoms with Crippen LogP contribution in [0.3, 0.4) is 0 Å². The SMILES string of the molecule is CC[C@H]1[C@H](n2cnc3c(NC(=O)c4ccccc4)ncnc32)OC(C)(CO)[C@H]1O[PH](=O)O. The first kappa shape index (κ1) is 22.5. The lowest BCUT2D eigenvalue weighted by Gasteiger charge is -2.28. The van der Waals surface area contributed by atoms with Crippen LogP contribution in [-0.4, -0.2) is 53.7 Å². The van der Waals surface area contributed by atoms with Gasteiger partial charge < -0.3 is 24.6 Å². The zero-order valence-electron chi connectivity index (χ0n) is 17.5. The molecular formula is C20H24N5O6P. The van der Waals surface area contributed by atoms with Gasteiger partial charge in [-0.3, -0.25) is 13.9 Å². The highest BCUT2D eigenvalue weighted by molar-refractivity contribution is 7.32. The molecule has 170 valence electrons. The van der Waals surface area contributed by atoms with Crippen LogP contribution >= 0.6 is 8.25 Å². The van der Waals surface area contributed by atoms with Crippen molar-refractivity contribution in [2.45, 2.75) is 38.2 Å². The van der Waals surface area contributed by atoms with Crippen LogP contribution in [0.5, 0.6) is 0 Å². The number of carbonyl (C=O) groups is 1. The number of aliphatic hydroxyl groups is 1. The predicted octanol–water partition coefficient (Wildman–Crippen LogP) is 2.15. The number of carbonyl (C=O) groups excluding carboxylic acids is 1. The zero-order chi connectivity index (χ0) is 22.9. The van der Waals surface area contributed by atoms with E-state index >= 15 is 0 Å². The Morgan fingerprint density at radius 1 is 1.31 bits per heavy atom. The first-order chi connectivity index (χ1) is 15.4. The van der Waals surface area contributed by atoms with Crippen LogP contribution in [0.15, 0.2) is 43.0 Å². The van der Waals surface area contributed by atoms with Gasteiger partial charge in [-0.2, -0.15) is 0 Å². The van der Waals surface area contributed by atoms with E-state index in [1.54, 1.807) is 35.8 Å². The molecule has 3 aromatic rings. The van der Waals surface area contributed by atoms with E-state index in [1.165, 1.54) is 12.7 Å². The Morgan fingerprint density at radius 3 is 2.72 bits per heavy atom. The average Bonchev–Trinajstić information content (AvgIpc) is 3.34. The summed E-state index contributed by atoms with van der Waals surface area (Å²) in [5, 5.41) is 12.7. The van der Waals surface area contributed by atoms with Crippen LogP contribution in [0.4, 0.5) is 5.82 Å². The Labute approximate surface area is 184 Å². The third-order valence-electron chi connectivity index (χ3n) is 5.66. The van der Waals surface area contributed by atoms with Crippen LogP contribution in [0.2, 0.25) is 0 Å². The number of benzene rings is 1. The molecule has 0 radical (unpaired) electrons. The van der Waals surface area contributed by atoms with Crippen molar-refractivity contribution in [3.05, 3.63) is 48.5 Å². The van der Waals surface area contributed by atoms with Gasteiger partial charge in [-0.05, 0) is 25.5 Å². The third kappa shape index (κ3) is 4.05. The largest absolute Gasteiger partial charge is 0.393 e. The second-order valence-corrected chi connectivity index (χ2v) is 8.49. The number of nitrogens with one attached hydrogen (secondary N) is 1. The number of ether oxygens (including phenoxy) is 1. The Morgan fingerprint density at radius 2 is 2.06 bits per heavy atom. The minimum atomic E-state index is -3.26. The number of aliphatic hydroxyl groups excluding tert-OH is 1. The van der Waals surface area contributed by atoms with Crippen LogP contribution in [0.25, 0.3) is 11.2 Å². The third-order valence-corrected chi connectivity index (χ3v) is 6.12. The zero-order valence-corrected chi connectivity index (χ0v) is 18.5. The normalized spacial score (nSPS) is 26.3. The number of anilines is 1. The van der Waals surface area contributed by atoms with Gasteiger partial charge in [-0.15, -0.1) is 0 Å². The van der Waals surface area contributed by atoms with Crippen molar-refractivity contribution in [1.29, 1.82) is 0 Å². The molecule has 5 atom stereocenters. The van der Waals surface area contributed by atoms with E-state index in [1.807, 2.05) is 13.0 Å². The van der Waals surface area contributed by atoms with E-state index in [2.05, 4.69) is 20.3 Å². The minimum absolute atomic E-state index is 0.242. The number of amides is 1. The van der Waals surface area contributed by atoms with Crippen molar-refractivity contribution in [3.8, 4) is 0 Å². The molecule has 1 fully saturated rings. The highest BCUT2D eigenvalue weighted by atomic mass is 31.1. The summed E-state index contributed by atoms with van der Waals surface area (Å²) in [7, 11) is -3.26. The Bertz CT molecular complexity index is 1140. The summed E-state index contributed by atoms with van der Waals surface area (Å²) in [5.74, 6) is -0.451. The Hall–Kier alpha value is -2.69. The summed E-state index contributed by atoms with van der Waals surface area (Å²) in [6, 6.07) is 8.72. The van der Waals surface area contributed by atoms with Crippen LogP contribution in [0.1, 0.15) is 36.9 Å². The molecule has 2 aromatic heterocycles. The quantitative estimate of drug-likeness (QED) is 0.450. The number of rotatable bonds is 7. The lowest BCUT2D eigenvalue weighted by atomic mass is 9.90. The number of nitrogens with zero attached hydrogens (tertiary/aromatic N) is 4. The van der Waals surface area contributed by atoms with Crippen LogP contribution < -0.4 is 5.32 Å². The first-order valence-electron chi connectivity index (χ1n) is 10.1. The van der Waals surface area contributed by atoms with Crippen molar-refractivity contribution in [1.82, 2.24) is 19.5 Å². The molecule has 1 aromatic carbocycles. The van der Waals surface area contributed by atoms with Gasteiger partial charge in [-0.25, -0.2) is 15.0 Å². The predicted molar refractivity (Wildman–Crippen MR) is 115 cm³/mol. The summed E-state index contributed by atoms with van der Waals surface area (Å²) in [4.78, 5) is 34.8. The molecular weight excluding hydrogens is 437 g/mol. The minimum Gasteiger partial charge on any atom is -0.393 e. The number of imidazole rings is 1. The molecule has 1 amide bonds. The first-order valence-corrected chi connectivity index (χ1v) is 11.4. The lowest BCUT2D eigenvalue weighted by molar-refractivity contribution is -0.111. The van der Waals surface area contributed by atoms with Crippen LogP contribution in [0, 0.1) is 5.92 Å². The van der Waals surface area contributed by atoms with Crippen molar-refractivity contribution < 1.29 is 28.6 Å². The molecule has 3 N–H and O–H groups in total. The molecule has 11 nitrogen and oxygen atoms in total. The van der Waals surface area contributed by atoms with Gasteiger partial charge in [0, 0.05) is 11.5 Å². The van der Waals surface area contributed by atoms with Crippen molar-refractivity contribution in [3.63, 3.8) is 0 Å². The summed E-state index contributed by atoms with van der Waals surface area (Å²) in [5.41, 5.74) is 0.0507. The highest BCUT2D eigenvalue weighted by Crippen LogP contribution is 2.47. The summed E-state index contributed by atoms with van der Waals surface area (Å²) >= 11 is 0. The summed E-state index contributed by atoms with van der Waals surface area (Å²) < 4.78 is 24.5. The molecule has 0 bridgehead atoms. The molecule has 3 heterocycles. The topological polar surface area (TPSA) is 149 Å². The molecule has 4 rings (SSSR count). The fraction of sp³-hybridized carbons (Fsp3) is 0.400. The maximum atomic E-state index is 12.6. The molecule has 1 aliphatic heterocycles. The van der Waals surface area contributed by atoms with Crippen molar-refractivity contribution >= 4 is 31.1 Å². The van der Waals surface area contributed by atoms with Crippen molar-refractivity contribution in [2.24, 2.45) is 5.92 Å². The van der Waals surface area contributed by atoms with Crippen molar-refractivity contribution in [2.75, 3.05) is 11.9 Å². The molecule has 2 unspecified atom stereocenters. The van der Waals surface area contributed by atoms with Crippen LogP contribution in [-0.2, 0) is 13.8 Å². The van der Waals surface area contributed by atoms with E-state index in [9.17, 15) is 19.4 Å². The second-order valence-electron chi connectivity index (χ2n) is 7.72. The number of hydrogen-bond donors (Lipinski definition) is 3. The number of aromatic nitrogens is 4. The smallest absolute Gasteiger partial charge is 0.316 e. The fourth-order valence-corrected chi connectivity index (χ4v) is 4.70. The summed E-state index contributed by atoms with van der Waals surface area (Å²) in [6.45, 7) is 3.12. The second kappa shape index (κ2) is 9.05. The van der Waals surface area contributed by atoms with Gasteiger partial charge in [0.1, 0.15) is 24.3 Å². The Balaban J connectivity index is 1.69. The van der Waals surface area contributed by atoms with E-state index in [-0.39, 0.29) is 17.6 Å². The number of hydrogen-bond acceptors (Lipinski definition) is 8. The maximum Gasteiger partial charge on any atom is 0.316 e. The molecule has 0 saturated carbocycles. The molecule has 12 heteroatoms. The maximum absolute atomic E-state index is 12.6. The van der Waals surface area contributed by atoms with Gasteiger partial charge in [0.2, 0.25) is 0 Å². The Kier molecular flexibility index (Phi) is 6.36. The molecule has 1 aliphatic rings.